The van der Waals surface area contributed by atoms with Crippen LogP contribution in [0, 0.1) is 11.6 Å². The van der Waals surface area contributed by atoms with Crippen LogP contribution in [-0.2, 0) is 17.8 Å². The number of halogens is 2. The molecule has 1 aromatic heterocycles. The van der Waals surface area contributed by atoms with E-state index < -0.39 is 11.6 Å². The van der Waals surface area contributed by atoms with E-state index in [9.17, 15) is 8.78 Å². The summed E-state index contributed by atoms with van der Waals surface area (Å²) in [6.07, 6.45) is 1.41. The fraction of sp³-hybridized carbons (Fsp3) is 0.385. The van der Waals surface area contributed by atoms with Crippen LogP contribution in [0.5, 0.6) is 0 Å². The van der Waals surface area contributed by atoms with Gasteiger partial charge in [0.2, 0.25) is 0 Å². The second-order valence-corrected chi connectivity index (χ2v) is 4.24. The van der Waals surface area contributed by atoms with Crippen molar-refractivity contribution >= 4 is 0 Å². The van der Waals surface area contributed by atoms with E-state index in [2.05, 4.69) is 15.4 Å². The summed E-state index contributed by atoms with van der Waals surface area (Å²) >= 11 is 0. The van der Waals surface area contributed by atoms with Gasteiger partial charge in [0.25, 0.3) is 0 Å². The smallest absolute Gasteiger partial charge is 0.141 e. The molecular formula is C13H16F2N4O. The van der Waals surface area contributed by atoms with Gasteiger partial charge in [-0.05, 0) is 6.07 Å². The minimum Gasteiger partial charge on any atom is -0.383 e. The third-order valence-electron chi connectivity index (χ3n) is 2.80. The number of nitrogens with zero attached hydrogens (tertiary/aromatic N) is 3. The lowest BCUT2D eigenvalue weighted by atomic mass is 10.2. The highest BCUT2D eigenvalue weighted by atomic mass is 19.1. The second-order valence-electron chi connectivity index (χ2n) is 4.24. The highest BCUT2D eigenvalue weighted by Gasteiger charge is 2.09. The molecule has 1 aromatic carbocycles. The van der Waals surface area contributed by atoms with Crippen LogP contribution in [0.4, 0.5) is 8.78 Å². The van der Waals surface area contributed by atoms with Crippen molar-refractivity contribution in [3.63, 3.8) is 0 Å². The number of methoxy groups -OCH3 is 1. The van der Waals surface area contributed by atoms with E-state index >= 15 is 0 Å². The quantitative estimate of drug-likeness (QED) is 0.779. The molecule has 0 saturated carbocycles. The van der Waals surface area contributed by atoms with E-state index in [4.69, 9.17) is 4.74 Å². The second kappa shape index (κ2) is 7.06. The average molecular weight is 282 g/mol. The summed E-state index contributed by atoms with van der Waals surface area (Å²) in [5, 5.41) is 7.18. The van der Waals surface area contributed by atoms with Crippen LogP contribution in [0.3, 0.4) is 0 Å². The van der Waals surface area contributed by atoms with E-state index in [-0.39, 0.29) is 6.54 Å². The summed E-state index contributed by atoms with van der Waals surface area (Å²) in [5.41, 5.74) is 0.370. The molecule has 2 aromatic rings. The lowest BCUT2D eigenvalue weighted by Gasteiger charge is -2.08. The Morgan fingerprint density at radius 2 is 2.20 bits per heavy atom. The molecule has 0 bridgehead atoms. The van der Waals surface area contributed by atoms with Crippen molar-refractivity contribution < 1.29 is 13.5 Å². The number of rotatable bonds is 7. The van der Waals surface area contributed by atoms with Gasteiger partial charge in [0.05, 0.1) is 19.7 Å². The van der Waals surface area contributed by atoms with Gasteiger partial charge in [-0.3, -0.25) is 0 Å². The summed E-state index contributed by atoms with van der Waals surface area (Å²) in [6, 6.07) is 3.50. The molecule has 0 unspecified atom stereocenters. The maximum atomic E-state index is 13.6. The number of nitrogens with one attached hydrogen (secondary N) is 1. The first-order valence-corrected chi connectivity index (χ1v) is 6.21. The number of ether oxygens (including phenoxy) is 1. The fourth-order valence-corrected chi connectivity index (χ4v) is 1.74. The number of hydrogen-bond donors (Lipinski definition) is 1. The van der Waals surface area contributed by atoms with Crippen molar-refractivity contribution in [2.45, 2.75) is 13.1 Å². The van der Waals surface area contributed by atoms with Crippen molar-refractivity contribution in [2.24, 2.45) is 0 Å². The lowest BCUT2D eigenvalue weighted by molar-refractivity contribution is 0.198. The molecule has 2 rings (SSSR count). The van der Waals surface area contributed by atoms with Crippen molar-refractivity contribution in [3.8, 4) is 0 Å². The lowest BCUT2D eigenvalue weighted by Crippen LogP contribution is -2.21. The topological polar surface area (TPSA) is 52.0 Å². The van der Waals surface area contributed by atoms with E-state index in [1.165, 1.54) is 18.5 Å². The maximum Gasteiger partial charge on any atom is 0.141 e. The number of aromatic nitrogens is 3. The zero-order valence-electron chi connectivity index (χ0n) is 11.1. The minimum absolute atomic E-state index is 0.216. The third kappa shape index (κ3) is 3.82. The Labute approximate surface area is 115 Å². The third-order valence-corrected chi connectivity index (χ3v) is 2.80. The van der Waals surface area contributed by atoms with E-state index in [0.717, 1.165) is 6.07 Å². The van der Waals surface area contributed by atoms with E-state index in [1.54, 1.807) is 11.8 Å². The van der Waals surface area contributed by atoms with Gasteiger partial charge in [-0.15, -0.1) is 0 Å². The van der Waals surface area contributed by atoms with Gasteiger partial charge in [-0.1, -0.05) is 6.07 Å². The van der Waals surface area contributed by atoms with Crippen LogP contribution in [-0.4, -0.2) is 35.0 Å². The monoisotopic (exact) mass is 282 g/mol. The molecule has 20 heavy (non-hydrogen) atoms. The molecule has 0 atom stereocenters. The molecule has 0 aliphatic heterocycles. The molecule has 108 valence electrons. The van der Waals surface area contributed by atoms with Crippen LogP contribution >= 0.6 is 0 Å². The molecule has 0 saturated heterocycles. The molecule has 0 spiro atoms. The summed E-state index contributed by atoms with van der Waals surface area (Å²) < 4.78 is 32.9. The molecule has 1 N–H and O–H groups in total. The fourth-order valence-electron chi connectivity index (χ4n) is 1.74. The van der Waals surface area contributed by atoms with Crippen LogP contribution in [0.25, 0.3) is 0 Å². The van der Waals surface area contributed by atoms with Crippen LogP contribution < -0.4 is 5.32 Å². The molecule has 0 aliphatic rings. The van der Waals surface area contributed by atoms with Crippen LogP contribution in [0.15, 0.2) is 24.5 Å². The van der Waals surface area contributed by atoms with Gasteiger partial charge < -0.3 is 10.1 Å². The standard InChI is InChI=1S/C13H16F2N4O/c1-20-5-4-16-7-13-17-9-18-19(13)8-10-2-3-11(14)6-12(10)15/h2-3,6,9,16H,4-5,7-8H2,1H3. The molecule has 0 fully saturated rings. The molecule has 5 nitrogen and oxygen atoms in total. The van der Waals surface area contributed by atoms with Gasteiger partial charge in [0, 0.05) is 25.3 Å². The molecule has 7 heteroatoms. The van der Waals surface area contributed by atoms with Gasteiger partial charge in [-0.25, -0.2) is 18.4 Å². The van der Waals surface area contributed by atoms with Gasteiger partial charge in [-0.2, -0.15) is 5.10 Å². The molecule has 0 amide bonds. The van der Waals surface area contributed by atoms with Crippen molar-refractivity contribution in [1.29, 1.82) is 0 Å². The highest BCUT2D eigenvalue weighted by molar-refractivity contribution is 5.18. The van der Waals surface area contributed by atoms with Crippen LogP contribution in [0.2, 0.25) is 0 Å². The molecule has 0 radical (unpaired) electrons. The zero-order valence-corrected chi connectivity index (χ0v) is 11.1. The number of hydrogen-bond acceptors (Lipinski definition) is 4. The Kier molecular flexibility index (Phi) is 5.14. The average Bonchev–Trinajstić information content (AvgIpc) is 2.85. The van der Waals surface area contributed by atoms with Crippen molar-refractivity contribution in [3.05, 3.63) is 47.5 Å². The predicted octanol–water partition coefficient (Wildman–Crippen LogP) is 1.34. The summed E-state index contributed by atoms with van der Waals surface area (Å²) in [6.45, 7) is 2.01. The summed E-state index contributed by atoms with van der Waals surface area (Å²) in [4.78, 5) is 4.11. The first-order valence-electron chi connectivity index (χ1n) is 6.21. The molecular weight excluding hydrogens is 266 g/mol. The van der Waals surface area contributed by atoms with Crippen molar-refractivity contribution in [1.82, 2.24) is 20.1 Å². The number of benzene rings is 1. The van der Waals surface area contributed by atoms with Crippen molar-refractivity contribution in [2.75, 3.05) is 20.3 Å². The normalized spacial score (nSPS) is 10.9. The first-order chi connectivity index (χ1) is 9.70. The Balaban J connectivity index is 2.01. The van der Waals surface area contributed by atoms with E-state index in [0.29, 0.717) is 31.1 Å². The Hall–Kier alpha value is -1.86. The Morgan fingerprint density at radius 1 is 1.35 bits per heavy atom. The highest BCUT2D eigenvalue weighted by Crippen LogP contribution is 2.11. The SMILES string of the molecule is COCCNCc1ncnn1Cc1ccc(F)cc1F. The first kappa shape index (κ1) is 14.5. The predicted molar refractivity (Wildman–Crippen MR) is 69.1 cm³/mol. The van der Waals surface area contributed by atoms with Gasteiger partial charge in [0.1, 0.15) is 23.8 Å². The minimum atomic E-state index is -0.591. The van der Waals surface area contributed by atoms with Gasteiger partial charge >= 0.3 is 0 Å². The van der Waals surface area contributed by atoms with Gasteiger partial charge in [0.15, 0.2) is 0 Å². The molecule has 0 aliphatic carbocycles. The zero-order chi connectivity index (χ0) is 14.4. The van der Waals surface area contributed by atoms with E-state index in [1.807, 2.05) is 0 Å². The Bertz CT molecular complexity index is 559. The molecule has 1 heterocycles. The largest absolute Gasteiger partial charge is 0.383 e. The summed E-state index contributed by atoms with van der Waals surface area (Å²) in [5.74, 6) is -0.491. The summed E-state index contributed by atoms with van der Waals surface area (Å²) in [7, 11) is 1.63. The van der Waals surface area contributed by atoms with Crippen LogP contribution in [0.1, 0.15) is 11.4 Å². The Morgan fingerprint density at radius 3 is 2.95 bits per heavy atom. The maximum absolute atomic E-state index is 13.6.